The predicted octanol–water partition coefficient (Wildman–Crippen LogP) is 2.51. The maximum absolute atomic E-state index is 11.4. The highest BCUT2D eigenvalue weighted by Gasteiger charge is 2.08. The van der Waals surface area contributed by atoms with Crippen LogP contribution in [0.5, 0.6) is 0 Å². The lowest BCUT2D eigenvalue weighted by molar-refractivity contribution is -0.119. The van der Waals surface area contributed by atoms with Crippen molar-refractivity contribution in [3.8, 4) is 0 Å². The van der Waals surface area contributed by atoms with Gasteiger partial charge in [0.15, 0.2) is 0 Å². The summed E-state index contributed by atoms with van der Waals surface area (Å²) in [6.45, 7) is 6.37. The van der Waals surface area contributed by atoms with E-state index in [2.05, 4.69) is 20.8 Å². The van der Waals surface area contributed by atoms with Crippen LogP contribution < -0.4 is 5.73 Å². The molecule has 1 unspecified atom stereocenters. The minimum atomic E-state index is 0.0877. The Hall–Kier alpha value is -0.370. The quantitative estimate of drug-likeness (QED) is 0.662. The van der Waals surface area contributed by atoms with Gasteiger partial charge in [0.2, 0.25) is 0 Å². The SMILES string of the molecule is CCCC(N)CC(=O)CCC(C)C. The van der Waals surface area contributed by atoms with E-state index in [0.717, 1.165) is 19.3 Å². The number of hydrogen-bond donors (Lipinski definition) is 1. The van der Waals surface area contributed by atoms with Gasteiger partial charge in [-0.15, -0.1) is 0 Å². The molecular formula is C11H23NO. The lowest BCUT2D eigenvalue weighted by atomic mass is 10.0. The average Bonchev–Trinajstić information content (AvgIpc) is 2.01. The molecule has 0 heterocycles. The zero-order valence-electron chi connectivity index (χ0n) is 9.18. The molecule has 0 saturated carbocycles. The molecule has 0 aliphatic carbocycles. The lowest BCUT2D eigenvalue weighted by Crippen LogP contribution is -2.23. The van der Waals surface area contributed by atoms with Crippen molar-refractivity contribution in [3.63, 3.8) is 0 Å². The van der Waals surface area contributed by atoms with Crippen molar-refractivity contribution in [2.24, 2.45) is 11.7 Å². The molecule has 2 nitrogen and oxygen atoms in total. The first-order valence-corrected chi connectivity index (χ1v) is 5.33. The topological polar surface area (TPSA) is 43.1 Å². The lowest BCUT2D eigenvalue weighted by Gasteiger charge is -2.09. The molecule has 0 bridgehead atoms. The molecule has 2 N–H and O–H groups in total. The van der Waals surface area contributed by atoms with Crippen LogP contribution in [0.1, 0.15) is 52.9 Å². The van der Waals surface area contributed by atoms with Crippen LogP contribution in [0.3, 0.4) is 0 Å². The third-order valence-corrected chi connectivity index (χ3v) is 2.15. The van der Waals surface area contributed by atoms with Gasteiger partial charge >= 0.3 is 0 Å². The number of hydrogen-bond acceptors (Lipinski definition) is 2. The van der Waals surface area contributed by atoms with Crippen LogP contribution in [0.25, 0.3) is 0 Å². The fraction of sp³-hybridized carbons (Fsp3) is 0.909. The van der Waals surface area contributed by atoms with Crippen LogP contribution in [-0.4, -0.2) is 11.8 Å². The summed E-state index contributed by atoms with van der Waals surface area (Å²) in [6, 6.07) is 0.0877. The van der Waals surface area contributed by atoms with E-state index >= 15 is 0 Å². The molecule has 2 heteroatoms. The number of Topliss-reactive ketones (excluding diaryl/α,β-unsaturated/α-hetero) is 1. The summed E-state index contributed by atoms with van der Waals surface area (Å²) in [4.78, 5) is 11.4. The van der Waals surface area contributed by atoms with Gasteiger partial charge in [-0.1, -0.05) is 27.2 Å². The summed E-state index contributed by atoms with van der Waals surface area (Å²) >= 11 is 0. The van der Waals surface area contributed by atoms with Crippen LogP contribution >= 0.6 is 0 Å². The third-order valence-electron chi connectivity index (χ3n) is 2.15. The van der Waals surface area contributed by atoms with Crippen LogP contribution in [-0.2, 0) is 4.79 Å². The van der Waals surface area contributed by atoms with Crippen molar-refractivity contribution in [2.45, 2.75) is 58.9 Å². The van der Waals surface area contributed by atoms with Crippen LogP contribution in [0.4, 0.5) is 0 Å². The number of nitrogens with two attached hydrogens (primary N) is 1. The average molecular weight is 185 g/mol. The normalized spacial score (nSPS) is 13.3. The van der Waals surface area contributed by atoms with Crippen molar-refractivity contribution >= 4 is 5.78 Å². The van der Waals surface area contributed by atoms with E-state index in [9.17, 15) is 4.79 Å². The summed E-state index contributed by atoms with van der Waals surface area (Å²) in [5.41, 5.74) is 5.77. The van der Waals surface area contributed by atoms with Crippen molar-refractivity contribution in [1.29, 1.82) is 0 Å². The predicted molar refractivity (Wildman–Crippen MR) is 56.6 cm³/mol. The number of ketones is 1. The van der Waals surface area contributed by atoms with Crippen molar-refractivity contribution < 1.29 is 4.79 Å². The first-order valence-electron chi connectivity index (χ1n) is 5.33. The van der Waals surface area contributed by atoms with Crippen LogP contribution in [0.15, 0.2) is 0 Å². The molecule has 0 aromatic rings. The molecule has 0 aliphatic heterocycles. The summed E-state index contributed by atoms with van der Waals surface area (Å²) in [7, 11) is 0. The standard InChI is InChI=1S/C11H23NO/c1-4-5-10(12)8-11(13)7-6-9(2)3/h9-10H,4-8,12H2,1-3H3. The highest BCUT2D eigenvalue weighted by Crippen LogP contribution is 2.07. The summed E-state index contributed by atoms with van der Waals surface area (Å²) in [5, 5.41) is 0. The Morgan fingerprint density at radius 2 is 1.92 bits per heavy atom. The van der Waals surface area contributed by atoms with Crippen molar-refractivity contribution in [1.82, 2.24) is 0 Å². The molecule has 0 aromatic heterocycles. The fourth-order valence-electron chi connectivity index (χ4n) is 1.32. The van der Waals surface area contributed by atoms with Gasteiger partial charge in [-0.05, 0) is 18.8 Å². The molecule has 0 fully saturated rings. The van der Waals surface area contributed by atoms with E-state index < -0.39 is 0 Å². The minimum Gasteiger partial charge on any atom is -0.327 e. The monoisotopic (exact) mass is 185 g/mol. The van der Waals surface area contributed by atoms with Gasteiger partial charge in [0.25, 0.3) is 0 Å². The Bertz CT molecular complexity index is 143. The smallest absolute Gasteiger partial charge is 0.134 e. The Labute approximate surface area is 81.9 Å². The maximum atomic E-state index is 11.4. The molecule has 78 valence electrons. The van der Waals surface area contributed by atoms with E-state index in [4.69, 9.17) is 5.73 Å². The highest BCUT2D eigenvalue weighted by molar-refractivity contribution is 5.78. The number of carbonyl (C=O) groups excluding carboxylic acids is 1. The van der Waals surface area contributed by atoms with Crippen molar-refractivity contribution in [2.75, 3.05) is 0 Å². The van der Waals surface area contributed by atoms with E-state index in [-0.39, 0.29) is 6.04 Å². The van der Waals surface area contributed by atoms with Gasteiger partial charge in [0.1, 0.15) is 5.78 Å². The van der Waals surface area contributed by atoms with Gasteiger partial charge in [0, 0.05) is 18.9 Å². The molecule has 1 atom stereocenters. The summed E-state index contributed by atoms with van der Waals surface area (Å²) < 4.78 is 0. The number of rotatable bonds is 7. The first-order chi connectivity index (χ1) is 6.06. The Kier molecular flexibility index (Phi) is 6.87. The Morgan fingerprint density at radius 3 is 2.38 bits per heavy atom. The van der Waals surface area contributed by atoms with E-state index in [1.54, 1.807) is 0 Å². The molecule has 0 spiro atoms. The van der Waals surface area contributed by atoms with E-state index in [0.29, 0.717) is 24.5 Å². The Balaban J connectivity index is 3.50. The largest absolute Gasteiger partial charge is 0.327 e. The van der Waals surface area contributed by atoms with Gasteiger partial charge in [-0.25, -0.2) is 0 Å². The van der Waals surface area contributed by atoms with Crippen molar-refractivity contribution in [3.05, 3.63) is 0 Å². The van der Waals surface area contributed by atoms with Gasteiger partial charge in [-0.2, -0.15) is 0 Å². The number of carbonyl (C=O) groups is 1. The molecule has 0 rings (SSSR count). The Morgan fingerprint density at radius 1 is 1.31 bits per heavy atom. The maximum Gasteiger partial charge on any atom is 0.134 e. The van der Waals surface area contributed by atoms with Gasteiger partial charge in [-0.3, -0.25) is 4.79 Å². The molecule has 13 heavy (non-hydrogen) atoms. The second kappa shape index (κ2) is 7.07. The van der Waals surface area contributed by atoms with Gasteiger partial charge in [0.05, 0.1) is 0 Å². The first kappa shape index (κ1) is 12.6. The van der Waals surface area contributed by atoms with Gasteiger partial charge < -0.3 is 5.73 Å². The van der Waals surface area contributed by atoms with Crippen LogP contribution in [0.2, 0.25) is 0 Å². The second-order valence-electron chi connectivity index (χ2n) is 4.22. The molecule has 0 saturated heterocycles. The fourth-order valence-corrected chi connectivity index (χ4v) is 1.32. The minimum absolute atomic E-state index is 0.0877. The summed E-state index contributed by atoms with van der Waals surface area (Å²) in [5.74, 6) is 0.945. The third kappa shape index (κ3) is 7.97. The zero-order valence-corrected chi connectivity index (χ0v) is 9.18. The second-order valence-corrected chi connectivity index (χ2v) is 4.22. The molecule has 0 aromatic carbocycles. The molecular weight excluding hydrogens is 162 g/mol. The van der Waals surface area contributed by atoms with Crippen LogP contribution in [0, 0.1) is 5.92 Å². The molecule has 0 radical (unpaired) electrons. The molecule has 0 amide bonds. The zero-order chi connectivity index (χ0) is 10.3. The highest BCUT2D eigenvalue weighted by atomic mass is 16.1. The van der Waals surface area contributed by atoms with E-state index in [1.807, 2.05) is 0 Å². The summed E-state index contributed by atoms with van der Waals surface area (Å²) in [6.07, 6.45) is 4.30. The van der Waals surface area contributed by atoms with E-state index in [1.165, 1.54) is 0 Å². The molecule has 0 aliphatic rings.